The molecule has 0 bridgehead atoms. The van der Waals surface area contributed by atoms with Gasteiger partial charge in [0.2, 0.25) is 5.91 Å². The van der Waals surface area contributed by atoms with E-state index in [1.54, 1.807) is 18.6 Å². The first-order valence-corrected chi connectivity index (χ1v) is 12.4. The number of aromatic amines is 2. The van der Waals surface area contributed by atoms with Crippen LogP contribution in [0.25, 0.3) is 56.1 Å². The van der Waals surface area contributed by atoms with Crippen molar-refractivity contribution in [3.8, 4) is 33.9 Å². The van der Waals surface area contributed by atoms with Crippen molar-refractivity contribution in [2.24, 2.45) is 5.41 Å². The summed E-state index contributed by atoms with van der Waals surface area (Å²) in [7, 11) is 0. The van der Waals surface area contributed by atoms with E-state index < -0.39 is 5.41 Å². The van der Waals surface area contributed by atoms with Crippen molar-refractivity contribution in [1.82, 2.24) is 35.1 Å². The molecule has 194 valence electrons. The number of anilines is 1. The van der Waals surface area contributed by atoms with Crippen LogP contribution >= 0.6 is 0 Å². The van der Waals surface area contributed by atoms with E-state index in [9.17, 15) is 9.18 Å². The van der Waals surface area contributed by atoms with Crippen molar-refractivity contribution < 1.29 is 9.18 Å². The molecule has 1 amide bonds. The van der Waals surface area contributed by atoms with Gasteiger partial charge in [0, 0.05) is 28.9 Å². The number of fused-ring (bicyclic) bond motifs is 2. The van der Waals surface area contributed by atoms with Gasteiger partial charge in [0.05, 0.1) is 28.6 Å². The summed E-state index contributed by atoms with van der Waals surface area (Å²) < 4.78 is 14.1. The van der Waals surface area contributed by atoms with Gasteiger partial charge in [0.15, 0.2) is 17.2 Å². The summed E-state index contributed by atoms with van der Waals surface area (Å²) in [4.78, 5) is 34.0. The molecule has 1 aromatic carbocycles. The Morgan fingerprint density at radius 2 is 1.85 bits per heavy atom. The lowest BCUT2D eigenvalue weighted by Gasteiger charge is -2.17. The largest absolute Gasteiger partial charge is 0.335 e. The second kappa shape index (κ2) is 9.09. The Kier molecular flexibility index (Phi) is 5.67. The highest BCUT2D eigenvalue weighted by Gasteiger charge is 2.22. The van der Waals surface area contributed by atoms with E-state index in [-0.39, 0.29) is 11.7 Å². The zero-order chi connectivity index (χ0) is 27.3. The number of imidazole rings is 1. The van der Waals surface area contributed by atoms with Gasteiger partial charge in [-0.25, -0.2) is 19.3 Å². The number of aryl methyl sites for hydroxylation is 1. The number of rotatable bonds is 4. The molecule has 0 atom stereocenters. The minimum atomic E-state index is -0.534. The number of amides is 1. The summed E-state index contributed by atoms with van der Waals surface area (Å²) >= 11 is 0. The Morgan fingerprint density at radius 3 is 2.64 bits per heavy atom. The average molecular weight is 521 g/mol. The average Bonchev–Trinajstić information content (AvgIpc) is 3.51. The molecule has 5 heterocycles. The molecule has 5 aromatic heterocycles. The van der Waals surface area contributed by atoms with Gasteiger partial charge < -0.3 is 10.3 Å². The van der Waals surface area contributed by atoms with Gasteiger partial charge in [0.1, 0.15) is 11.3 Å². The fourth-order valence-electron chi connectivity index (χ4n) is 4.35. The topological polar surface area (TPSA) is 125 Å². The molecule has 0 radical (unpaired) electrons. The molecular weight excluding hydrogens is 495 g/mol. The van der Waals surface area contributed by atoms with E-state index in [1.165, 1.54) is 12.1 Å². The van der Waals surface area contributed by atoms with Crippen molar-refractivity contribution in [2.75, 3.05) is 5.32 Å². The molecule has 39 heavy (non-hydrogen) atoms. The molecule has 0 aliphatic rings. The lowest BCUT2D eigenvalue weighted by atomic mass is 9.95. The molecule has 3 N–H and O–H groups in total. The standard InChI is InChI=1S/C29H25FN8O/c1-15-9-16(11-18(30)10-15)20-7-8-32-26-23(20)35-27(36-26)25-24-22(37-38-25)6-5-21(34-24)17-12-19(14-31-13-17)33-28(39)29(2,3)4/h5-14H,1-4H3,(H,33,39)(H,37,38)(H,32,35,36). The minimum Gasteiger partial charge on any atom is -0.335 e. The van der Waals surface area contributed by atoms with Gasteiger partial charge in [-0.15, -0.1) is 0 Å². The quantitative estimate of drug-likeness (QED) is 0.260. The molecule has 0 saturated carbocycles. The molecule has 0 spiro atoms. The smallest absolute Gasteiger partial charge is 0.229 e. The zero-order valence-electron chi connectivity index (χ0n) is 21.8. The maximum atomic E-state index is 14.1. The second-order valence-electron chi connectivity index (χ2n) is 10.5. The number of benzene rings is 1. The molecular formula is C29H25FN8O. The zero-order valence-corrected chi connectivity index (χ0v) is 21.8. The predicted octanol–water partition coefficient (Wildman–Crippen LogP) is 6.06. The van der Waals surface area contributed by atoms with E-state index in [0.717, 1.165) is 27.8 Å². The first-order valence-electron chi connectivity index (χ1n) is 12.4. The summed E-state index contributed by atoms with van der Waals surface area (Å²) in [6.45, 7) is 7.41. The SMILES string of the molecule is Cc1cc(F)cc(-c2ccnc3nc(-c4n[nH]c5ccc(-c6cncc(NC(=O)C(C)(C)C)c6)nc45)[nH]c23)c1. The number of H-pyrrole nitrogens is 2. The van der Waals surface area contributed by atoms with Gasteiger partial charge in [-0.3, -0.25) is 14.9 Å². The third-order valence-electron chi connectivity index (χ3n) is 6.35. The molecule has 6 rings (SSSR count). The van der Waals surface area contributed by atoms with Crippen LogP contribution in [0, 0.1) is 18.2 Å². The van der Waals surface area contributed by atoms with Crippen LogP contribution in [0.3, 0.4) is 0 Å². The summed E-state index contributed by atoms with van der Waals surface area (Å²) in [5.74, 6) is 0.0767. The Labute approximate surface area is 223 Å². The van der Waals surface area contributed by atoms with Crippen molar-refractivity contribution in [1.29, 1.82) is 0 Å². The third-order valence-corrected chi connectivity index (χ3v) is 6.35. The van der Waals surface area contributed by atoms with Gasteiger partial charge in [-0.2, -0.15) is 5.10 Å². The van der Waals surface area contributed by atoms with Crippen LogP contribution in [-0.2, 0) is 4.79 Å². The lowest BCUT2D eigenvalue weighted by Crippen LogP contribution is -2.27. The predicted molar refractivity (Wildman–Crippen MR) is 148 cm³/mol. The molecule has 0 aliphatic carbocycles. The lowest BCUT2D eigenvalue weighted by molar-refractivity contribution is -0.123. The van der Waals surface area contributed by atoms with E-state index in [2.05, 4.69) is 35.5 Å². The summed E-state index contributed by atoms with van der Waals surface area (Å²) in [5.41, 5.74) is 6.83. The highest BCUT2D eigenvalue weighted by atomic mass is 19.1. The number of pyridine rings is 3. The Hall–Kier alpha value is -4.99. The van der Waals surface area contributed by atoms with E-state index >= 15 is 0 Å². The first-order chi connectivity index (χ1) is 18.7. The number of hydrogen-bond acceptors (Lipinski definition) is 6. The highest BCUT2D eigenvalue weighted by molar-refractivity contribution is 5.96. The Morgan fingerprint density at radius 1 is 1.00 bits per heavy atom. The first kappa shape index (κ1) is 24.4. The summed E-state index contributed by atoms with van der Waals surface area (Å²) in [6, 6.07) is 12.3. The monoisotopic (exact) mass is 520 g/mol. The number of hydrogen-bond donors (Lipinski definition) is 3. The van der Waals surface area contributed by atoms with Crippen molar-refractivity contribution in [3.63, 3.8) is 0 Å². The summed E-state index contributed by atoms with van der Waals surface area (Å²) in [6.07, 6.45) is 4.95. The van der Waals surface area contributed by atoms with Crippen LogP contribution in [-0.4, -0.2) is 41.0 Å². The molecule has 9 nitrogen and oxygen atoms in total. The maximum Gasteiger partial charge on any atom is 0.229 e. The second-order valence-corrected chi connectivity index (χ2v) is 10.5. The van der Waals surface area contributed by atoms with Crippen LogP contribution in [0.15, 0.2) is 61.1 Å². The molecule has 0 fully saturated rings. The highest BCUT2D eigenvalue weighted by Crippen LogP contribution is 2.32. The van der Waals surface area contributed by atoms with E-state index in [1.807, 2.05) is 58.0 Å². The van der Waals surface area contributed by atoms with Crippen molar-refractivity contribution in [2.45, 2.75) is 27.7 Å². The van der Waals surface area contributed by atoms with Crippen LogP contribution in [0.4, 0.5) is 10.1 Å². The van der Waals surface area contributed by atoms with Crippen LogP contribution in [0.5, 0.6) is 0 Å². The van der Waals surface area contributed by atoms with Crippen molar-refractivity contribution in [3.05, 3.63) is 72.4 Å². The van der Waals surface area contributed by atoms with Gasteiger partial charge in [0.25, 0.3) is 0 Å². The van der Waals surface area contributed by atoms with E-state index in [4.69, 9.17) is 4.98 Å². The molecule has 0 unspecified atom stereocenters. The normalized spacial score (nSPS) is 11.8. The number of carbonyl (C=O) groups excluding carboxylic acids is 1. The Bertz CT molecular complexity index is 1860. The molecule has 6 aromatic rings. The number of nitrogens with zero attached hydrogens (tertiary/aromatic N) is 5. The van der Waals surface area contributed by atoms with Gasteiger partial charge >= 0.3 is 0 Å². The van der Waals surface area contributed by atoms with Crippen LogP contribution in [0.1, 0.15) is 26.3 Å². The van der Waals surface area contributed by atoms with Gasteiger partial charge in [-0.1, -0.05) is 26.8 Å². The van der Waals surface area contributed by atoms with Crippen LogP contribution < -0.4 is 5.32 Å². The fourth-order valence-corrected chi connectivity index (χ4v) is 4.35. The Balaban J connectivity index is 1.41. The minimum absolute atomic E-state index is 0.103. The number of nitrogens with one attached hydrogen (secondary N) is 3. The summed E-state index contributed by atoms with van der Waals surface area (Å²) in [5, 5.41) is 10.4. The number of aromatic nitrogens is 7. The molecule has 0 aliphatic heterocycles. The van der Waals surface area contributed by atoms with Gasteiger partial charge in [-0.05, 0) is 54.4 Å². The number of halogens is 1. The molecule has 0 saturated heterocycles. The molecule has 10 heteroatoms. The fraction of sp³-hybridized carbons (Fsp3) is 0.172. The third kappa shape index (κ3) is 4.61. The van der Waals surface area contributed by atoms with Crippen LogP contribution in [0.2, 0.25) is 0 Å². The maximum absolute atomic E-state index is 14.1. The van der Waals surface area contributed by atoms with Crippen molar-refractivity contribution >= 4 is 33.8 Å². The van der Waals surface area contributed by atoms with E-state index in [0.29, 0.717) is 39.6 Å². The number of carbonyl (C=O) groups is 1.